The maximum absolute atomic E-state index is 12.5. The highest BCUT2D eigenvalue weighted by Crippen LogP contribution is 2.40. The summed E-state index contributed by atoms with van der Waals surface area (Å²) in [7, 11) is 4.58. The van der Waals surface area contributed by atoms with Crippen molar-refractivity contribution in [1.82, 2.24) is 14.8 Å². The fourth-order valence-corrected chi connectivity index (χ4v) is 2.62. The minimum Gasteiger partial charge on any atom is -0.493 e. The molecule has 0 saturated heterocycles. The summed E-state index contributed by atoms with van der Waals surface area (Å²) in [6.45, 7) is 0.592. The average Bonchev–Trinajstić information content (AvgIpc) is 3.20. The highest BCUT2D eigenvalue weighted by molar-refractivity contribution is 6.04. The van der Waals surface area contributed by atoms with E-state index in [0.717, 1.165) is 5.56 Å². The smallest absolute Gasteiger partial charge is 0.255 e. The molecule has 0 saturated carbocycles. The van der Waals surface area contributed by atoms with Crippen LogP contribution in [0.5, 0.6) is 17.2 Å². The molecule has 1 amide bonds. The first kappa shape index (κ1) is 18.2. The molecule has 0 aliphatic heterocycles. The molecule has 8 heteroatoms. The van der Waals surface area contributed by atoms with Gasteiger partial charge < -0.3 is 19.5 Å². The van der Waals surface area contributed by atoms with Crippen LogP contribution in [0.1, 0.15) is 15.9 Å². The van der Waals surface area contributed by atoms with Gasteiger partial charge in [0.1, 0.15) is 12.7 Å². The zero-order valence-corrected chi connectivity index (χ0v) is 15.3. The number of nitrogens with one attached hydrogen (secondary N) is 1. The average molecular weight is 368 g/mol. The van der Waals surface area contributed by atoms with Crippen molar-refractivity contribution in [2.24, 2.45) is 0 Å². The Labute approximate surface area is 156 Å². The van der Waals surface area contributed by atoms with E-state index in [9.17, 15) is 4.79 Å². The van der Waals surface area contributed by atoms with E-state index in [0.29, 0.717) is 35.0 Å². The molecular weight excluding hydrogens is 348 g/mol. The van der Waals surface area contributed by atoms with Gasteiger partial charge >= 0.3 is 0 Å². The van der Waals surface area contributed by atoms with Crippen LogP contribution in [-0.4, -0.2) is 42.0 Å². The van der Waals surface area contributed by atoms with Gasteiger partial charge in [0.15, 0.2) is 11.5 Å². The topological polar surface area (TPSA) is 87.5 Å². The molecule has 1 heterocycles. The van der Waals surface area contributed by atoms with Crippen molar-refractivity contribution in [2.45, 2.75) is 6.54 Å². The summed E-state index contributed by atoms with van der Waals surface area (Å²) in [4.78, 5) is 16.5. The Kier molecular flexibility index (Phi) is 5.55. The number of rotatable bonds is 7. The number of hydrogen-bond acceptors (Lipinski definition) is 6. The molecule has 0 radical (unpaired) electrons. The van der Waals surface area contributed by atoms with Crippen molar-refractivity contribution in [2.75, 3.05) is 26.6 Å². The Hall–Kier alpha value is -3.55. The Balaban J connectivity index is 1.75. The first-order valence-electron chi connectivity index (χ1n) is 8.17. The summed E-state index contributed by atoms with van der Waals surface area (Å²) in [5.41, 5.74) is 2.09. The van der Waals surface area contributed by atoms with Crippen LogP contribution in [-0.2, 0) is 6.54 Å². The Morgan fingerprint density at radius 3 is 2.22 bits per heavy atom. The van der Waals surface area contributed by atoms with E-state index in [1.165, 1.54) is 27.7 Å². The number of benzene rings is 2. The summed E-state index contributed by atoms with van der Waals surface area (Å²) in [6.07, 6.45) is 3.13. The predicted molar refractivity (Wildman–Crippen MR) is 99.6 cm³/mol. The van der Waals surface area contributed by atoms with Crippen LogP contribution in [0.4, 0.5) is 5.69 Å². The maximum atomic E-state index is 12.5. The quantitative estimate of drug-likeness (QED) is 0.690. The normalized spacial score (nSPS) is 10.3. The summed E-state index contributed by atoms with van der Waals surface area (Å²) >= 11 is 0. The first-order chi connectivity index (χ1) is 13.1. The lowest BCUT2D eigenvalue weighted by Crippen LogP contribution is -2.12. The highest BCUT2D eigenvalue weighted by Gasteiger charge is 2.15. The zero-order valence-electron chi connectivity index (χ0n) is 15.3. The van der Waals surface area contributed by atoms with Crippen molar-refractivity contribution < 1.29 is 19.0 Å². The van der Waals surface area contributed by atoms with E-state index in [1.54, 1.807) is 35.3 Å². The zero-order chi connectivity index (χ0) is 19.2. The number of nitrogens with zero attached hydrogens (tertiary/aromatic N) is 3. The van der Waals surface area contributed by atoms with Crippen LogP contribution in [0.3, 0.4) is 0 Å². The molecule has 0 unspecified atom stereocenters. The van der Waals surface area contributed by atoms with E-state index in [2.05, 4.69) is 15.4 Å². The molecule has 1 aromatic heterocycles. The number of amides is 1. The van der Waals surface area contributed by atoms with Crippen LogP contribution < -0.4 is 19.5 Å². The molecule has 3 rings (SSSR count). The van der Waals surface area contributed by atoms with Gasteiger partial charge in [-0.1, -0.05) is 12.1 Å². The number of methoxy groups -OCH3 is 3. The Bertz CT molecular complexity index is 883. The van der Waals surface area contributed by atoms with Crippen LogP contribution in [0.25, 0.3) is 0 Å². The van der Waals surface area contributed by atoms with Crippen molar-refractivity contribution in [3.05, 3.63) is 60.2 Å². The van der Waals surface area contributed by atoms with Crippen LogP contribution >= 0.6 is 0 Å². The second kappa shape index (κ2) is 8.22. The molecule has 0 spiro atoms. The molecule has 0 aliphatic carbocycles. The van der Waals surface area contributed by atoms with Crippen molar-refractivity contribution in [3.63, 3.8) is 0 Å². The summed E-state index contributed by atoms with van der Waals surface area (Å²) in [6, 6.07) is 10.6. The van der Waals surface area contributed by atoms with Crippen LogP contribution in [0.2, 0.25) is 0 Å². The molecular formula is C19H20N4O4. The Morgan fingerprint density at radius 2 is 1.70 bits per heavy atom. The molecule has 0 atom stereocenters. The van der Waals surface area contributed by atoms with Gasteiger partial charge in [0.25, 0.3) is 5.91 Å². The number of carbonyl (C=O) groups is 1. The van der Waals surface area contributed by atoms with Gasteiger partial charge in [-0.25, -0.2) is 9.67 Å². The fourth-order valence-electron chi connectivity index (χ4n) is 2.62. The standard InChI is InChI=1S/C19H20N4O4/c1-25-16-8-15(9-17(26-2)18(16)27-3)22-19(24)14-6-4-13(5-7-14)10-23-12-20-11-21-23/h4-9,11-12H,10H2,1-3H3,(H,22,24). The number of hydrogen-bond donors (Lipinski definition) is 1. The maximum Gasteiger partial charge on any atom is 0.255 e. The number of aromatic nitrogens is 3. The van der Waals surface area contributed by atoms with E-state index in [1.807, 2.05) is 12.1 Å². The third kappa shape index (κ3) is 4.17. The second-order valence-corrected chi connectivity index (χ2v) is 5.66. The van der Waals surface area contributed by atoms with Gasteiger partial charge in [-0.3, -0.25) is 4.79 Å². The minimum absolute atomic E-state index is 0.239. The lowest BCUT2D eigenvalue weighted by Gasteiger charge is -2.14. The molecule has 1 N–H and O–H groups in total. The lowest BCUT2D eigenvalue weighted by molar-refractivity contribution is 0.102. The minimum atomic E-state index is -0.239. The SMILES string of the molecule is COc1cc(NC(=O)c2ccc(Cn3cncn3)cc2)cc(OC)c1OC. The van der Waals surface area contributed by atoms with Gasteiger partial charge in [-0.2, -0.15) is 5.10 Å². The summed E-state index contributed by atoms with van der Waals surface area (Å²) in [5.74, 6) is 1.16. The summed E-state index contributed by atoms with van der Waals surface area (Å²) < 4.78 is 17.6. The first-order valence-corrected chi connectivity index (χ1v) is 8.17. The molecule has 0 fully saturated rings. The molecule has 2 aromatic carbocycles. The van der Waals surface area contributed by atoms with Gasteiger partial charge in [0.05, 0.1) is 27.9 Å². The third-order valence-corrected chi connectivity index (χ3v) is 3.95. The van der Waals surface area contributed by atoms with Gasteiger partial charge in [0, 0.05) is 23.4 Å². The van der Waals surface area contributed by atoms with E-state index in [-0.39, 0.29) is 5.91 Å². The summed E-state index contributed by atoms with van der Waals surface area (Å²) in [5, 5.41) is 6.91. The molecule has 8 nitrogen and oxygen atoms in total. The number of ether oxygens (including phenoxy) is 3. The highest BCUT2D eigenvalue weighted by atomic mass is 16.5. The Morgan fingerprint density at radius 1 is 1.04 bits per heavy atom. The second-order valence-electron chi connectivity index (χ2n) is 5.66. The van der Waals surface area contributed by atoms with E-state index in [4.69, 9.17) is 14.2 Å². The number of carbonyl (C=O) groups excluding carboxylic acids is 1. The van der Waals surface area contributed by atoms with Crippen LogP contribution in [0.15, 0.2) is 49.1 Å². The largest absolute Gasteiger partial charge is 0.493 e. The lowest BCUT2D eigenvalue weighted by atomic mass is 10.1. The molecule has 0 aliphatic rings. The molecule has 27 heavy (non-hydrogen) atoms. The molecule has 3 aromatic rings. The number of anilines is 1. The van der Waals surface area contributed by atoms with Crippen molar-refractivity contribution >= 4 is 11.6 Å². The van der Waals surface area contributed by atoms with Crippen LogP contribution in [0, 0.1) is 0 Å². The third-order valence-electron chi connectivity index (χ3n) is 3.95. The molecule has 140 valence electrons. The van der Waals surface area contributed by atoms with Crippen molar-refractivity contribution in [1.29, 1.82) is 0 Å². The monoisotopic (exact) mass is 368 g/mol. The van der Waals surface area contributed by atoms with E-state index < -0.39 is 0 Å². The van der Waals surface area contributed by atoms with Gasteiger partial charge in [-0.15, -0.1) is 0 Å². The fraction of sp³-hybridized carbons (Fsp3) is 0.211. The van der Waals surface area contributed by atoms with E-state index >= 15 is 0 Å². The van der Waals surface area contributed by atoms with Gasteiger partial charge in [-0.05, 0) is 17.7 Å². The molecule has 0 bridgehead atoms. The predicted octanol–water partition coefficient (Wildman–Crippen LogP) is 2.60. The van der Waals surface area contributed by atoms with Gasteiger partial charge in [0.2, 0.25) is 5.75 Å². The van der Waals surface area contributed by atoms with Crippen molar-refractivity contribution in [3.8, 4) is 17.2 Å².